The zero-order valence-corrected chi connectivity index (χ0v) is 11.7. The second-order valence-electron chi connectivity index (χ2n) is 4.35. The van der Waals surface area contributed by atoms with Gasteiger partial charge in [-0.15, -0.1) is 0 Å². The number of nitrogens with zero attached hydrogens (tertiary/aromatic N) is 1. The predicted octanol–water partition coefficient (Wildman–Crippen LogP) is 2.23. The third kappa shape index (κ3) is 3.48. The number of nitrogens with two attached hydrogens (primary N) is 1. The number of carbonyl (C=O) groups is 3. The Labute approximate surface area is 126 Å². The molecule has 0 saturated carbocycles. The molecule has 0 atom stereocenters. The van der Waals surface area contributed by atoms with Crippen LogP contribution in [0.2, 0.25) is 0 Å². The van der Waals surface area contributed by atoms with Crippen molar-refractivity contribution in [3.63, 3.8) is 0 Å². The fourth-order valence-electron chi connectivity index (χ4n) is 1.71. The molecule has 1 fully saturated rings. The maximum Gasteiger partial charge on any atom is 0.416 e. The van der Waals surface area contributed by atoms with Gasteiger partial charge in [-0.2, -0.15) is 13.2 Å². The topological polar surface area (TPSA) is 80.5 Å². The summed E-state index contributed by atoms with van der Waals surface area (Å²) < 4.78 is 37.3. The molecule has 116 valence electrons. The first-order valence-corrected chi connectivity index (χ1v) is 6.71. The summed E-state index contributed by atoms with van der Waals surface area (Å²) in [5.41, 5.74) is 4.45. The van der Waals surface area contributed by atoms with Crippen LogP contribution >= 0.6 is 11.8 Å². The van der Waals surface area contributed by atoms with Crippen molar-refractivity contribution in [1.29, 1.82) is 0 Å². The lowest BCUT2D eigenvalue weighted by Gasteiger charge is -2.08. The van der Waals surface area contributed by atoms with E-state index in [0.717, 1.165) is 12.1 Å². The van der Waals surface area contributed by atoms with Gasteiger partial charge in [0.25, 0.3) is 11.1 Å². The fraction of sp³-hybridized carbons (Fsp3) is 0.154. The van der Waals surface area contributed by atoms with Gasteiger partial charge in [0.05, 0.1) is 10.5 Å². The van der Waals surface area contributed by atoms with Gasteiger partial charge in [0.15, 0.2) is 0 Å². The van der Waals surface area contributed by atoms with Crippen LogP contribution < -0.4 is 5.73 Å². The van der Waals surface area contributed by atoms with E-state index in [9.17, 15) is 27.6 Å². The van der Waals surface area contributed by atoms with Crippen molar-refractivity contribution in [2.24, 2.45) is 5.73 Å². The number of hydrogen-bond donors (Lipinski definition) is 1. The van der Waals surface area contributed by atoms with Crippen LogP contribution in [0.25, 0.3) is 6.08 Å². The van der Waals surface area contributed by atoms with Crippen LogP contribution in [-0.2, 0) is 15.8 Å². The first kappa shape index (κ1) is 16.1. The van der Waals surface area contributed by atoms with Crippen molar-refractivity contribution in [2.75, 3.05) is 6.54 Å². The predicted molar refractivity (Wildman–Crippen MR) is 73.3 cm³/mol. The second kappa shape index (κ2) is 5.84. The Bertz CT molecular complexity index is 668. The molecule has 1 heterocycles. The number of thioether (sulfide) groups is 1. The largest absolute Gasteiger partial charge is 0.416 e. The molecule has 2 rings (SSSR count). The summed E-state index contributed by atoms with van der Waals surface area (Å²) in [5.74, 6) is -1.54. The van der Waals surface area contributed by atoms with Crippen molar-refractivity contribution in [2.45, 2.75) is 6.18 Å². The summed E-state index contributed by atoms with van der Waals surface area (Å²) >= 11 is 0.597. The number of halogens is 3. The van der Waals surface area contributed by atoms with Gasteiger partial charge >= 0.3 is 6.18 Å². The summed E-state index contributed by atoms with van der Waals surface area (Å²) in [6.07, 6.45) is -3.16. The van der Waals surface area contributed by atoms with Gasteiger partial charge in [0, 0.05) is 0 Å². The molecule has 1 aromatic rings. The van der Waals surface area contributed by atoms with E-state index < -0.39 is 35.3 Å². The highest BCUT2D eigenvalue weighted by atomic mass is 32.2. The van der Waals surface area contributed by atoms with E-state index in [1.807, 2.05) is 0 Å². The van der Waals surface area contributed by atoms with E-state index in [1.165, 1.54) is 18.2 Å². The minimum Gasteiger partial charge on any atom is -0.368 e. The minimum atomic E-state index is -4.45. The van der Waals surface area contributed by atoms with Crippen LogP contribution in [-0.4, -0.2) is 28.5 Å². The molecule has 9 heteroatoms. The Kier molecular flexibility index (Phi) is 4.27. The van der Waals surface area contributed by atoms with Gasteiger partial charge in [-0.3, -0.25) is 19.3 Å². The lowest BCUT2D eigenvalue weighted by Crippen LogP contribution is -2.36. The van der Waals surface area contributed by atoms with Crippen LogP contribution in [0.15, 0.2) is 29.2 Å². The molecule has 3 amide bonds. The first-order chi connectivity index (χ1) is 10.2. The van der Waals surface area contributed by atoms with Crippen LogP contribution in [0.1, 0.15) is 11.1 Å². The molecule has 1 saturated heterocycles. The van der Waals surface area contributed by atoms with Crippen molar-refractivity contribution in [1.82, 2.24) is 4.90 Å². The SMILES string of the molecule is NC(=O)CN1C(=O)S/C(=C\c2ccc(C(F)(F)F)cc2)C1=O. The molecule has 1 aliphatic rings. The number of alkyl halides is 3. The monoisotopic (exact) mass is 330 g/mol. The lowest BCUT2D eigenvalue weighted by atomic mass is 10.1. The standard InChI is InChI=1S/C13H9F3N2O3S/c14-13(15,16)8-3-1-7(2-4-8)5-9-11(20)18(6-10(17)19)12(21)22-9/h1-5H,6H2,(H2,17,19)/b9-5-. The minimum absolute atomic E-state index is 0.0195. The lowest BCUT2D eigenvalue weighted by molar-refractivity contribution is -0.137. The normalized spacial score (nSPS) is 17.4. The average Bonchev–Trinajstić information content (AvgIpc) is 2.66. The summed E-state index contributed by atoms with van der Waals surface area (Å²) in [7, 11) is 0. The quantitative estimate of drug-likeness (QED) is 0.862. The molecule has 0 aromatic heterocycles. The highest BCUT2D eigenvalue weighted by Gasteiger charge is 2.36. The highest BCUT2D eigenvalue weighted by Crippen LogP contribution is 2.33. The average molecular weight is 330 g/mol. The molecular weight excluding hydrogens is 321 g/mol. The van der Waals surface area contributed by atoms with Crippen molar-refractivity contribution in [3.05, 3.63) is 40.3 Å². The Hall–Kier alpha value is -2.29. The maximum atomic E-state index is 12.4. The molecule has 5 nitrogen and oxygen atoms in total. The molecule has 0 radical (unpaired) electrons. The summed E-state index contributed by atoms with van der Waals surface area (Å²) in [6.45, 7) is -0.533. The first-order valence-electron chi connectivity index (χ1n) is 5.89. The zero-order valence-electron chi connectivity index (χ0n) is 10.9. The molecule has 0 spiro atoms. The summed E-state index contributed by atoms with van der Waals surface area (Å²) in [4.78, 5) is 35.0. The molecule has 22 heavy (non-hydrogen) atoms. The van der Waals surface area contributed by atoms with Gasteiger partial charge in [-0.1, -0.05) is 12.1 Å². The van der Waals surface area contributed by atoms with E-state index in [4.69, 9.17) is 5.73 Å². The molecule has 0 unspecified atom stereocenters. The van der Waals surface area contributed by atoms with Gasteiger partial charge in [-0.05, 0) is 35.5 Å². The second-order valence-corrected chi connectivity index (χ2v) is 5.35. The van der Waals surface area contributed by atoms with Gasteiger partial charge in [0.1, 0.15) is 6.54 Å². The zero-order chi connectivity index (χ0) is 16.5. The fourth-order valence-corrected chi connectivity index (χ4v) is 2.55. The highest BCUT2D eigenvalue weighted by molar-refractivity contribution is 8.18. The molecule has 2 N–H and O–H groups in total. The third-order valence-corrected chi connectivity index (χ3v) is 3.63. The number of amides is 3. The smallest absolute Gasteiger partial charge is 0.368 e. The number of benzene rings is 1. The Balaban J connectivity index is 2.22. The van der Waals surface area contributed by atoms with E-state index >= 15 is 0 Å². The molecule has 1 aliphatic heterocycles. The van der Waals surface area contributed by atoms with Crippen molar-refractivity contribution in [3.8, 4) is 0 Å². The van der Waals surface area contributed by atoms with Crippen LogP contribution in [0.5, 0.6) is 0 Å². The summed E-state index contributed by atoms with van der Waals surface area (Å²) in [5, 5.41) is -0.651. The van der Waals surface area contributed by atoms with E-state index in [0.29, 0.717) is 22.2 Å². The molecule has 0 aliphatic carbocycles. The Morgan fingerprint density at radius 1 is 1.23 bits per heavy atom. The van der Waals surface area contributed by atoms with E-state index in [1.54, 1.807) is 0 Å². The number of rotatable bonds is 3. The van der Waals surface area contributed by atoms with Crippen LogP contribution in [0.4, 0.5) is 18.0 Å². The molecule has 0 bridgehead atoms. The Morgan fingerprint density at radius 2 is 1.82 bits per heavy atom. The van der Waals surface area contributed by atoms with E-state index in [-0.39, 0.29) is 4.91 Å². The van der Waals surface area contributed by atoms with Crippen LogP contribution in [0.3, 0.4) is 0 Å². The van der Waals surface area contributed by atoms with Crippen molar-refractivity contribution < 1.29 is 27.6 Å². The van der Waals surface area contributed by atoms with Gasteiger partial charge < -0.3 is 5.73 Å². The molecule has 1 aromatic carbocycles. The number of carbonyl (C=O) groups excluding carboxylic acids is 3. The maximum absolute atomic E-state index is 12.4. The van der Waals surface area contributed by atoms with Gasteiger partial charge in [-0.25, -0.2) is 0 Å². The van der Waals surface area contributed by atoms with E-state index in [2.05, 4.69) is 0 Å². The third-order valence-electron chi connectivity index (χ3n) is 2.72. The number of imide groups is 1. The van der Waals surface area contributed by atoms with Crippen LogP contribution in [0, 0.1) is 0 Å². The Morgan fingerprint density at radius 3 is 2.32 bits per heavy atom. The number of hydrogen-bond acceptors (Lipinski definition) is 4. The van der Waals surface area contributed by atoms with Gasteiger partial charge in [0.2, 0.25) is 5.91 Å². The number of primary amides is 1. The van der Waals surface area contributed by atoms with Crippen molar-refractivity contribution >= 4 is 34.9 Å². The summed E-state index contributed by atoms with van der Waals surface area (Å²) in [6, 6.07) is 4.12. The molecular formula is C13H9F3N2O3S.